The molecule has 6 nitrogen and oxygen atoms in total. The molecule has 0 aliphatic heterocycles. The average molecular weight is 170 g/mol. The number of nitrogens with zero attached hydrogens (tertiary/aromatic N) is 2. The van der Waals surface area contributed by atoms with Gasteiger partial charge < -0.3 is 0 Å². The zero-order valence-corrected chi connectivity index (χ0v) is 6.10. The van der Waals surface area contributed by atoms with Gasteiger partial charge in [0, 0.05) is 12.5 Å². The summed E-state index contributed by atoms with van der Waals surface area (Å²) in [4.78, 5) is 19.1. The highest BCUT2D eigenvalue weighted by Gasteiger charge is 2.27. The van der Waals surface area contributed by atoms with Crippen LogP contribution in [0.4, 0.5) is 0 Å². The molecule has 0 aromatic carbocycles. The summed E-state index contributed by atoms with van der Waals surface area (Å²) in [5.74, 6) is 0. The molecule has 0 fully saturated rings. The lowest BCUT2D eigenvalue weighted by atomic mass is 10.1. The fourth-order valence-electron chi connectivity index (χ4n) is 0.990. The summed E-state index contributed by atoms with van der Waals surface area (Å²) in [6.07, 6.45) is 3.38. The normalized spacial score (nSPS) is 16.3. The monoisotopic (exact) mass is 170 g/mol. The zero-order valence-electron chi connectivity index (χ0n) is 6.10. The largest absolute Gasteiger partial charge is 0.341 e. The van der Waals surface area contributed by atoms with Crippen LogP contribution in [0.5, 0.6) is 0 Å². The number of nitro groups is 2. The van der Waals surface area contributed by atoms with Gasteiger partial charge in [-0.25, -0.2) is 0 Å². The van der Waals surface area contributed by atoms with E-state index in [4.69, 9.17) is 0 Å². The Labute approximate surface area is 67.5 Å². The van der Waals surface area contributed by atoms with Gasteiger partial charge in [0.15, 0.2) is 0 Å². The van der Waals surface area contributed by atoms with E-state index < -0.39 is 15.5 Å². The van der Waals surface area contributed by atoms with E-state index in [1.807, 2.05) is 0 Å². The third kappa shape index (κ3) is 1.47. The molecule has 0 N–H and O–H groups in total. The van der Waals surface area contributed by atoms with E-state index >= 15 is 0 Å². The minimum absolute atomic E-state index is 0.139. The lowest BCUT2D eigenvalue weighted by molar-refractivity contribution is -0.470. The van der Waals surface area contributed by atoms with Crippen molar-refractivity contribution in [3.05, 3.63) is 43.8 Å². The molecule has 1 aliphatic rings. The van der Waals surface area contributed by atoms with Gasteiger partial charge in [0.05, 0.1) is 9.85 Å². The van der Waals surface area contributed by atoms with Gasteiger partial charge in [0.2, 0.25) is 0 Å². The third-order valence-electron chi connectivity index (χ3n) is 1.54. The van der Waals surface area contributed by atoms with Crippen molar-refractivity contribution in [2.75, 3.05) is 0 Å². The molecule has 64 valence electrons. The molecule has 0 saturated carbocycles. The van der Waals surface area contributed by atoms with Gasteiger partial charge in [0.25, 0.3) is 0 Å². The van der Waals surface area contributed by atoms with Crippen molar-refractivity contribution in [2.45, 2.75) is 12.8 Å². The summed E-state index contributed by atoms with van der Waals surface area (Å²) in [7, 11) is 0. The van der Waals surface area contributed by atoms with Crippen LogP contribution in [0.15, 0.2) is 23.5 Å². The number of hydrogen-bond acceptors (Lipinski definition) is 4. The maximum absolute atomic E-state index is 10.3. The molecule has 0 atom stereocenters. The van der Waals surface area contributed by atoms with Crippen molar-refractivity contribution in [1.82, 2.24) is 0 Å². The number of hydrogen-bond donors (Lipinski definition) is 0. The zero-order chi connectivity index (χ0) is 9.14. The van der Waals surface area contributed by atoms with Gasteiger partial charge in [-0.2, -0.15) is 0 Å². The SMILES string of the molecule is O=[N+]([O-])C1=C([N+](=O)[O-])CCC=C1. The summed E-state index contributed by atoms with van der Waals surface area (Å²) in [5, 5.41) is 20.5. The van der Waals surface area contributed by atoms with Gasteiger partial charge >= 0.3 is 11.4 Å². The maximum Gasteiger partial charge on any atom is 0.341 e. The Morgan fingerprint density at radius 2 is 1.92 bits per heavy atom. The Morgan fingerprint density at radius 1 is 1.25 bits per heavy atom. The summed E-state index contributed by atoms with van der Waals surface area (Å²) >= 11 is 0. The highest BCUT2D eigenvalue weighted by molar-refractivity contribution is 5.19. The van der Waals surface area contributed by atoms with E-state index in [0.29, 0.717) is 6.42 Å². The van der Waals surface area contributed by atoms with E-state index in [0.717, 1.165) is 0 Å². The summed E-state index contributed by atoms with van der Waals surface area (Å²) < 4.78 is 0. The van der Waals surface area contributed by atoms with Crippen molar-refractivity contribution in [2.24, 2.45) is 0 Å². The predicted molar refractivity (Wildman–Crippen MR) is 39.4 cm³/mol. The fourth-order valence-corrected chi connectivity index (χ4v) is 0.990. The summed E-state index contributed by atoms with van der Waals surface area (Å²) in [6.45, 7) is 0. The molecule has 0 bridgehead atoms. The van der Waals surface area contributed by atoms with E-state index in [1.54, 1.807) is 6.08 Å². The topological polar surface area (TPSA) is 86.3 Å². The quantitative estimate of drug-likeness (QED) is 0.458. The molecule has 12 heavy (non-hydrogen) atoms. The lowest BCUT2D eigenvalue weighted by Gasteiger charge is -2.00. The molecule has 0 aromatic rings. The van der Waals surface area contributed by atoms with Gasteiger partial charge in [-0.3, -0.25) is 20.2 Å². The second kappa shape index (κ2) is 3.12. The predicted octanol–water partition coefficient (Wildman–Crippen LogP) is 1.10. The van der Waals surface area contributed by atoms with Crippen LogP contribution in [0.25, 0.3) is 0 Å². The van der Waals surface area contributed by atoms with Crippen LogP contribution in [0.2, 0.25) is 0 Å². The van der Waals surface area contributed by atoms with Crippen LogP contribution in [0.3, 0.4) is 0 Å². The molecular weight excluding hydrogens is 164 g/mol. The van der Waals surface area contributed by atoms with Crippen molar-refractivity contribution in [1.29, 1.82) is 0 Å². The van der Waals surface area contributed by atoms with Crippen molar-refractivity contribution >= 4 is 0 Å². The van der Waals surface area contributed by atoms with Crippen LogP contribution in [-0.4, -0.2) is 9.85 Å². The molecule has 0 radical (unpaired) electrons. The molecule has 0 aromatic heterocycles. The smallest absolute Gasteiger partial charge is 0.258 e. The standard InChI is InChI=1S/C6H6N2O4/c9-7(10)5-3-1-2-4-6(5)8(11)12/h1,3H,2,4H2. The van der Waals surface area contributed by atoms with Gasteiger partial charge in [-0.05, 0) is 6.42 Å². The highest BCUT2D eigenvalue weighted by atomic mass is 16.6. The second-order valence-electron chi connectivity index (χ2n) is 2.29. The summed E-state index contributed by atoms with van der Waals surface area (Å²) in [5.41, 5.74) is -0.700. The average Bonchev–Trinajstić information content (AvgIpc) is 2.04. The Bertz CT molecular complexity index is 292. The first kappa shape index (κ1) is 8.38. The Balaban J connectivity index is 3.08. The first-order chi connectivity index (χ1) is 5.63. The van der Waals surface area contributed by atoms with Crippen LogP contribution < -0.4 is 0 Å². The molecular formula is C6H6N2O4. The van der Waals surface area contributed by atoms with Crippen LogP contribution in [-0.2, 0) is 0 Å². The van der Waals surface area contributed by atoms with Crippen molar-refractivity contribution in [3.63, 3.8) is 0 Å². The fraction of sp³-hybridized carbons (Fsp3) is 0.333. The minimum Gasteiger partial charge on any atom is -0.258 e. The lowest BCUT2D eigenvalue weighted by Crippen LogP contribution is -2.10. The highest BCUT2D eigenvalue weighted by Crippen LogP contribution is 2.19. The molecule has 0 saturated heterocycles. The first-order valence-corrected chi connectivity index (χ1v) is 3.31. The molecule has 0 amide bonds. The Morgan fingerprint density at radius 3 is 2.33 bits per heavy atom. The van der Waals surface area contributed by atoms with E-state index in [1.165, 1.54) is 6.08 Å². The minimum atomic E-state index is -0.728. The molecule has 0 heterocycles. The molecule has 0 spiro atoms. The second-order valence-corrected chi connectivity index (χ2v) is 2.29. The molecule has 0 unspecified atom stereocenters. The summed E-state index contributed by atoms with van der Waals surface area (Å²) in [6, 6.07) is 0. The first-order valence-electron chi connectivity index (χ1n) is 3.31. The van der Waals surface area contributed by atoms with E-state index in [2.05, 4.69) is 0 Å². The van der Waals surface area contributed by atoms with Gasteiger partial charge in [0.1, 0.15) is 0 Å². The van der Waals surface area contributed by atoms with Gasteiger partial charge in [-0.15, -0.1) is 0 Å². The molecule has 6 heteroatoms. The van der Waals surface area contributed by atoms with E-state index in [-0.39, 0.29) is 12.1 Å². The van der Waals surface area contributed by atoms with Crippen molar-refractivity contribution < 1.29 is 9.85 Å². The van der Waals surface area contributed by atoms with Gasteiger partial charge in [-0.1, -0.05) is 6.08 Å². The Kier molecular flexibility index (Phi) is 2.18. The number of allylic oxidation sites excluding steroid dienone is 3. The molecule has 1 aliphatic carbocycles. The molecule has 1 rings (SSSR count). The van der Waals surface area contributed by atoms with Crippen molar-refractivity contribution in [3.8, 4) is 0 Å². The maximum atomic E-state index is 10.3. The van der Waals surface area contributed by atoms with E-state index in [9.17, 15) is 20.2 Å². The van der Waals surface area contributed by atoms with Crippen LogP contribution >= 0.6 is 0 Å². The number of rotatable bonds is 2. The van der Waals surface area contributed by atoms with Crippen LogP contribution in [0, 0.1) is 20.2 Å². The van der Waals surface area contributed by atoms with Crippen LogP contribution in [0.1, 0.15) is 12.8 Å². The third-order valence-corrected chi connectivity index (χ3v) is 1.54. The Hall–Kier alpha value is -1.72.